The summed E-state index contributed by atoms with van der Waals surface area (Å²) in [6.07, 6.45) is 3.62. The quantitative estimate of drug-likeness (QED) is 0.878. The van der Waals surface area contributed by atoms with Crippen LogP contribution in [0.25, 0.3) is 0 Å². The van der Waals surface area contributed by atoms with E-state index in [1.165, 1.54) is 24.8 Å². The van der Waals surface area contributed by atoms with Gasteiger partial charge in [0.2, 0.25) is 0 Å². The topological polar surface area (TPSA) is 15.3 Å². The summed E-state index contributed by atoms with van der Waals surface area (Å²) >= 11 is 0. The van der Waals surface area contributed by atoms with E-state index >= 15 is 0 Å². The molecule has 0 saturated carbocycles. The lowest BCUT2D eigenvalue weighted by Gasteiger charge is -2.38. The van der Waals surface area contributed by atoms with Gasteiger partial charge in [-0.3, -0.25) is 4.90 Å². The third kappa shape index (κ3) is 4.29. The Hall–Kier alpha value is -0.930. The van der Waals surface area contributed by atoms with Crippen molar-refractivity contribution in [1.29, 1.82) is 0 Å². The number of halogens is 1. The standard InChI is InChI=1S/C16H25FN2/c1-3-9-18-16-8-10-19(13(2)11-16)12-14-4-6-15(17)7-5-14/h4-7,13,16,18H,3,8-12H2,1-2H3. The second kappa shape index (κ2) is 7.01. The van der Waals surface area contributed by atoms with Crippen LogP contribution in [0.15, 0.2) is 24.3 Å². The lowest BCUT2D eigenvalue weighted by Crippen LogP contribution is -2.47. The number of likely N-dealkylation sites (tertiary alicyclic amines) is 1. The fraction of sp³-hybridized carbons (Fsp3) is 0.625. The van der Waals surface area contributed by atoms with Crippen molar-refractivity contribution in [2.45, 2.75) is 51.7 Å². The molecule has 0 aromatic heterocycles. The fourth-order valence-corrected chi connectivity index (χ4v) is 2.81. The summed E-state index contributed by atoms with van der Waals surface area (Å²) in [5.74, 6) is -0.153. The van der Waals surface area contributed by atoms with E-state index in [-0.39, 0.29) is 5.82 Å². The number of nitrogens with zero attached hydrogens (tertiary/aromatic N) is 1. The number of nitrogens with one attached hydrogen (secondary N) is 1. The lowest BCUT2D eigenvalue weighted by atomic mass is 9.97. The van der Waals surface area contributed by atoms with E-state index in [0.717, 1.165) is 19.6 Å². The Morgan fingerprint density at radius 2 is 2.05 bits per heavy atom. The monoisotopic (exact) mass is 264 g/mol. The highest BCUT2D eigenvalue weighted by Gasteiger charge is 2.24. The highest BCUT2D eigenvalue weighted by atomic mass is 19.1. The molecule has 0 aliphatic carbocycles. The van der Waals surface area contributed by atoms with Crippen molar-refractivity contribution in [1.82, 2.24) is 10.2 Å². The Balaban J connectivity index is 1.84. The number of rotatable bonds is 5. The average Bonchev–Trinajstić information content (AvgIpc) is 2.41. The molecule has 1 aromatic carbocycles. The van der Waals surface area contributed by atoms with Crippen LogP contribution in [0, 0.1) is 5.82 Å². The second-order valence-electron chi connectivity index (χ2n) is 5.62. The molecule has 1 N–H and O–H groups in total. The van der Waals surface area contributed by atoms with Crippen molar-refractivity contribution in [2.24, 2.45) is 0 Å². The van der Waals surface area contributed by atoms with Crippen molar-refractivity contribution in [3.05, 3.63) is 35.6 Å². The number of hydrogen-bond donors (Lipinski definition) is 1. The first-order valence-corrected chi connectivity index (χ1v) is 7.41. The molecule has 19 heavy (non-hydrogen) atoms. The van der Waals surface area contributed by atoms with Gasteiger partial charge in [-0.25, -0.2) is 4.39 Å². The van der Waals surface area contributed by atoms with Crippen LogP contribution >= 0.6 is 0 Å². The smallest absolute Gasteiger partial charge is 0.123 e. The number of hydrogen-bond acceptors (Lipinski definition) is 2. The van der Waals surface area contributed by atoms with Crippen LogP contribution in [-0.4, -0.2) is 30.1 Å². The molecule has 1 aliphatic heterocycles. The van der Waals surface area contributed by atoms with Crippen LogP contribution in [-0.2, 0) is 6.54 Å². The maximum atomic E-state index is 12.9. The third-order valence-corrected chi connectivity index (χ3v) is 4.00. The molecule has 2 nitrogen and oxygen atoms in total. The average molecular weight is 264 g/mol. The van der Waals surface area contributed by atoms with Crippen molar-refractivity contribution >= 4 is 0 Å². The molecule has 2 rings (SSSR count). The van der Waals surface area contributed by atoms with E-state index in [9.17, 15) is 4.39 Å². The Labute approximate surface area is 116 Å². The molecule has 1 aromatic rings. The first-order valence-electron chi connectivity index (χ1n) is 7.41. The highest BCUT2D eigenvalue weighted by Crippen LogP contribution is 2.20. The van der Waals surface area contributed by atoms with Crippen LogP contribution in [0.2, 0.25) is 0 Å². The Morgan fingerprint density at radius 1 is 1.32 bits per heavy atom. The summed E-state index contributed by atoms with van der Waals surface area (Å²) in [6.45, 7) is 7.68. The summed E-state index contributed by atoms with van der Waals surface area (Å²) in [6, 6.07) is 8.14. The molecule has 0 bridgehead atoms. The van der Waals surface area contributed by atoms with Crippen LogP contribution in [0.5, 0.6) is 0 Å². The maximum absolute atomic E-state index is 12.9. The van der Waals surface area contributed by atoms with Gasteiger partial charge >= 0.3 is 0 Å². The van der Waals surface area contributed by atoms with Crippen LogP contribution in [0.1, 0.15) is 38.7 Å². The number of benzene rings is 1. The molecule has 106 valence electrons. The Kier molecular flexibility index (Phi) is 5.34. The van der Waals surface area contributed by atoms with Gasteiger partial charge in [-0.2, -0.15) is 0 Å². The molecule has 0 amide bonds. The van der Waals surface area contributed by atoms with Crippen molar-refractivity contribution < 1.29 is 4.39 Å². The van der Waals surface area contributed by atoms with Gasteiger partial charge in [0.15, 0.2) is 0 Å². The zero-order chi connectivity index (χ0) is 13.7. The fourth-order valence-electron chi connectivity index (χ4n) is 2.81. The van der Waals surface area contributed by atoms with E-state index in [2.05, 4.69) is 24.1 Å². The summed E-state index contributed by atoms with van der Waals surface area (Å²) in [5.41, 5.74) is 1.20. The molecule has 0 spiro atoms. The van der Waals surface area contributed by atoms with Gasteiger partial charge < -0.3 is 5.32 Å². The molecule has 2 atom stereocenters. The van der Waals surface area contributed by atoms with Gasteiger partial charge in [-0.05, 0) is 50.4 Å². The van der Waals surface area contributed by atoms with Gasteiger partial charge in [0.1, 0.15) is 5.82 Å². The Bertz CT molecular complexity index is 377. The molecule has 1 fully saturated rings. The maximum Gasteiger partial charge on any atom is 0.123 e. The normalized spacial score (nSPS) is 24.6. The molecular weight excluding hydrogens is 239 g/mol. The van der Waals surface area contributed by atoms with Crippen molar-refractivity contribution in [3.8, 4) is 0 Å². The second-order valence-corrected chi connectivity index (χ2v) is 5.62. The summed E-state index contributed by atoms with van der Waals surface area (Å²) in [4.78, 5) is 2.50. The zero-order valence-corrected chi connectivity index (χ0v) is 12.0. The summed E-state index contributed by atoms with van der Waals surface area (Å²) in [7, 11) is 0. The summed E-state index contributed by atoms with van der Waals surface area (Å²) in [5, 5.41) is 3.62. The van der Waals surface area contributed by atoms with Gasteiger partial charge in [-0.1, -0.05) is 19.1 Å². The first-order chi connectivity index (χ1) is 9.19. The van der Waals surface area contributed by atoms with E-state index in [0.29, 0.717) is 12.1 Å². The Morgan fingerprint density at radius 3 is 2.68 bits per heavy atom. The van der Waals surface area contributed by atoms with Crippen molar-refractivity contribution in [3.63, 3.8) is 0 Å². The van der Waals surface area contributed by atoms with Gasteiger partial charge in [0, 0.05) is 25.2 Å². The van der Waals surface area contributed by atoms with Gasteiger partial charge in [0.25, 0.3) is 0 Å². The molecule has 1 saturated heterocycles. The minimum absolute atomic E-state index is 0.153. The first kappa shape index (κ1) is 14.5. The molecule has 1 heterocycles. The largest absolute Gasteiger partial charge is 0.314 e. The van der Waals surface area contributed by atoms with E-state index in [4.69, 9.17) is 0 Å². The molecule has 2 unspecified atom stereocenters. The third-order valence-electron chi connectivity index (χ3n) is 4.00. The van der Waals surface area contributed by atoms with Crippen LogP contribution < -0.4 is 5.32 Å². The van der Waals surface area contributed by atoms with E-state index in [1.54, 1.807) is 12.1 Å². The minimum atomic E-state index is -0.153. The minimum Gasteiger partial charge on any atom is -0.314 e. The molecular formula is C16H25FN2. The molecule has 0 radical (unpaired) electrons. The molecule has 3 heteroatoms. The van der Waals surface area contributed by atoms with Crippen LogP contribution in [0.3, 0.4) is 0 Å². The summed E-state index contributed by atoms with van der Waals surface area (Å²) < 4.78 is 12.9. The SMILES string of the molecule is CCCNC1CCN(Cc2ccc(F)cc2)C(C)C1. The van der Waals surface area contributed by atoms with E-state index in [1.807, 2.05) is 12.1 Å². The van der Waals surface area contributed by atoms with Crippen LogP contribution in [0.4, 0.5) is 4.39 Å². The highest BCUT2D eigenvalue weighted by molar-refractivity contribution is 5.16. The lowest BCUT2D eigenvalue weighted by molar-refractivity contribution is 0.129. The van der Waals surface area contributed by atoms with E-state index < -0.39 is 0 Å². The predicted molar refractivity (Wildman–Crippen MR) is 77.6 cm³/mol. The zero-order valence-electron chi connectivity index (χ0n) is 12.0. The van der Waals surface area contributed by atoms with Gasteiger partial charge in [-0.15, -0.1) is 0 Å². The van der Waals surface area contributed by atoms with Crippen molar-refractivity contribution in [2.75, 3.05) is 13.1 Å². The number of piperidine rings is 1. The predicted octanol–water partition coefficient (Wildman–Crippen LogP) is 3.18. The molecule has 1 aliphatic rings. The van der Waals surface area contributed by atoms with Gasteiger partial charge in [0.05, 0.1) is 0 Å².